The van der Waals surface area contributed by atoms with Crippen molar-refractivity contribution in [2.24, 2.45) is 0 Å². The van der Waals surface area contributed by atoms with Crippen LogP contribution in [0.3, 0.4) is 0 Å². The number of amides is 2. The van der Waals surface area contributed by atoms with E-state index in [2.05, 4.69) is 5.32 Å². The SMILES string of the molecule is CNC(=O)C1CN(c2ccc(C#N)c(C(F)(F)F)c2)CCN1C(=O)c1ccc(F)cc1. The summed E-state index contributed by atoms with van der Waals surface area (Å²) in [6, 6.07) is 8.78. The summed E-state index contributed by atoms with van der Waals surface area (Å²) in [4.78, 5) is 28.2. The van der Waals surface area contributed by atoms with Gasteiger partial charge in [0.05, 0.1) is 17.2 Å². The fourth-order valence-corrected chi connectivity index (χ4v) is 3.47. The number of rotatable bonds is 3. The number of benzene rings is 2. The molecule has 3 rings (SSSR count). The zero-order chi connectivity index (χ0) is 22.8. The molecule has 2 aromatic carbocycles. The molecular weight excluding hydrogens is 416 g/mol. The average Bonchev–Trinajstić information content (AvgIpc) is 2.77. The number of halogens is 4. The topological polar surface area (TPSA) is 76.4 Å². The third kappa shape index (κ3) is 4.60. The first-order valence-electron chi connectivity index (χ1n) is 9.30. The van der Waals surface area contributed by atoms with Gasteiger partial charge in [0, 0.05) is 37.9 Å². The lowest BCUT2D eigenvalue weighted by Gasteiger charge is -2.41. The minimum absolute atomic E-state index is 0.0458. The molecule has 0 spiro atoms. The highest BCUT2D eigenvalue weighted by Crippen LogP contribution is 2.35. The fourth-order valence-electron chi connectivity index (χ4n) is 3.47. The molecule has 6 nitrogen and oxygen atoms in total. The molecule has 1 aliphatic rings. The molecule has 1 atom stereocenters. The smallest absolute Gasteiger partial charge is 0.367 e. The predicted molar refractivity (Wildman–Crippen MR) is 104 cm³/mol. The van der Waals surface area contributed by atoms with E-state index in [-0.39, 0.29) is 30.9 Å². The van der Waals surface area contributed by atoms with Crippen molar-refractivity contribution in [1.29, 1.82) is 5.26 Å². The van der Waals surface area contributed by atoms with Gasteiger partial charge in [-0.1, -0.05) is 0 Å². The van der Waals surface area contributed by atoms with Gasteiger partial charge in [0.25, 0.3) is 5.91 Å². The molecule has 0 bridgehead atoms. The Morgan fingerprint density at radius 2 is 1.81 bits per heavy atom. The molecule has 162 valence electrons. The maximum absolute atomic E-state index is 13.3. The van der Waals surface area contributed by atoms with E-state index in [0.717, 1.165) is 24.3 Å². The van der Waals surface area contributed by atoms with Crippen molar-refractivity contribution in [1.82, 2.24) is 10.2 Å². The molecule has 31 heavy (non-hydrogen) atoms. The molecule has 2 amide bonds. The highest BCUT2D eigenvalue weighted by molar-refractivity contribution is 5.98. The Bertz CT molecular complexity index is 1030. The van der Waals surface area contributed by atoms with Crippen molar-refractivity contribution in [2.45, 2.75) is 12.2 Å². The molecule has 0 radical (unpaired) electrons. The summed E-state index contributed by atoms with van der Waals surface area (Å²) < 4.78 is 53.1. The average molecular weight is 434 g/mol. The van der Waals surface area contributed by atoms with E-state index in [9.17, 15) is 27.2 Å². The second-order valence-corrected chi connectivity index (χ2v) is 6.92. The van der Waals surface area contributed by atoms with E-state index < -0.39 is 41.0 Å². The third-order valence-electron chi connectivity index (χ3n) is 5.08. The van der Waals surface area contributed by atoms with E-state index in [1.54, 1.807) is 4.90 Å². The van der Waals surface area contributed by atoms with Crippen LogP contribution in [0, 0.1) is 17.1 Å². The summed E-state index contributed by atoms with van der Waals surface area (Å²) in [5, 5.41) is 11.4. The molecule has 2 aromatic rings. The first kappa shape index (κ1) is 22.1. The lowest BCUT2D eigenvalue weighted by molar-refractivity contribution is -0.137. The van der Waals surface area contributed by atoms with Gasteiger partial charge in [-0.2, -0.15) is 18.4 Å². The van der Waals surface area contributed by atoms with E-state index in [0.29, 0.717) is 0 Å². The van der Waals surface area contributed by atoms with Crippen molar-refractivity contribution >= 4 is 17.5 Å². The van der Waals surface area contributed by atoms with Crippen molar-refractivity contribution in [3.05, 3.63) is 65.0 Å². The van der Waals surface area contributed by atoms with Crippen LogP contribution >= 0.6 is 0 Å². The molecule has 1 fully saturated rings. The Labute approximate surface area is 175 Å². The van der Waals surface area contributed by atoms with Crippen LogP contribution in [-0.4, -0.2) is 49.4 Å². The predicted octanol–water partition coefficient (Wildman–Crippen LogP) is 2.79. The number of carbonyl (C=O) groups excluding carboxylic acids is 2. The number of likely N-dealkylation sites (N-methyl/N-ethyl adjacent to an activating group) is 1. The first-order chi connectivity index (χ1) is 14.7. The van der Waals surface area contributed by atoms with Crippen molar-refractivity contribution in [3.63, 3.8) is 0 Å². The Balaban J connectivity index is 1.90. The fraction of sp³-hybridized carbons (Fsp3) is 0.286. The lowest BCUT2D eigenvalue weighted by Crippen LogP contribution is -2.60. The minimum atomic E-state index is -4.71. The Hall–Kier alpha value is -3.61. The van der Waals surface area contributed by atoms with Gasteiger partial charge in [0.2, 0.25) is 5.91 Å². The van der Waals surface area contributed by atoms with Crippen LogP contribution < -0.4 is 10.2 Å². The van der Waals surface area contributed by atoms with E-state index in [1.807, 2.05) is 0 Å². The Morgan fingerprint density at radius 1 is 1.13 bits per heavy atom. The maximum Gasteiger partial charge on any atom is 0.417 e. The van der Waals surface area contributed by atoms with Gasteiger partial charge in [-0.25, -0.2) is 4.39 Å². The largest absolute Gasteiger partial charge is 0.417 e. The second-order valence-electron chi connectivity index (χ2n) is 6.92. The van der Waals surface area contributed by atoms with Crippen LogP contribution in [0.2, 0.25) is 0 Å². The molecule has 1 N–H and O–H groups in total. The number of carbonyl (C=O) groups is 2. The highest BCUT2D eigenvalue weighted by Gasteiger charge is 2.37. The van der Waals surface area contributed by atoms with E-state index in [1.165, 1.54) is 36.2 Å². The number of alkyl halides is 3. The van der Waals surface area contributed by atoms with Crippen molar-refractivity contribution < 1.29 is 27.2 Å². The van der Waals surface area contributed by atoms with Crippen molar-refractivity contribution in [2.75, 3.05) is 31.6 Å². The summed E-state index contributed by atoms with van der Waals surface area (Å²) in [5.74, 6) is -1.47. The number of hydrogen-bond donors (Lipinski definition) is 1. The zero-order valence-electron chi connectivity index (χ0n) is 16.4. The summed E-state index contributed by atoms with van der Waals surface area (Å²) >= 11 is 0. The zero-order valence-corrected chi connectivity index (χ0v) is 16.4. The van der Waals surface area contributed by atoms with Gasteiger partial charge in [0.1, 0.15) is 11.9 Å². The monoisotopic (exact) mass is 434 g/mol. The molecule has 0 aliphatic carbocycles. The molecule has 0 saturated carbocycles. The molecule has 0 aromatic heterocycles. The molecular formula is C21H18F4N4O2. The van der Waals surface area contributed by atoms with Crippen molar-refractivity contribution in [3.8, 4) is 6.07 Å². The van der Waals surface area contributed by atoms with Gasteiger partial charge >= 0.3 is 6.18 Å². The third-order valence-corrected chi connectivity index (χ3v) is 5.08. The second kappa shape index (κ2) is 8.63. The van der Waals surface area contributed by atoms with Gasteiger partial charge in [-0.05, 0) is 42.5 Å². The molecule has 1 aliphatic heterocycles. The highest BCUT2D eigenvalue weighted by atomic mass is 19.4. The number of nitriles is 1. The normalized spacial score (nSPS) is 16.6. The van der Waals surface area contributed by atoms with Crippen LogP contribution in [-0.2, 0) is 11.0 Å². The van der Waals surface area contributed by atoms with Crippen LogP contribution in [0.15, 0.2) is 42.5 Å². The number of hydrogen-bond acceptors (Lipinski definition) is 4. The number of anilines is 1. The van der Waals surface area contributed by atoms with Crippen LogP contribution in [0.25, 0.3) is 0 Å². The van der Waals surface area contributed by atoms with E-state index >= 15 is 0 Å². The van der Waals surface area contributed by atoms with Gasteiger partial charge < -0.3 is 15.1 Å². The lowest BCUT2D eigenvalue weighted by atomic mass is 10.0. The molecule has 1 unspecified atom stereocenters. The summed E-state index contributed by atoms with van der Waals surface area (Å²) in [5.41, 5.74) is -1.17. The van der Waals surface area contributed by atoms with Gasteiger partial charge in [-0.3, -0.25) is 9.59 Å². The molecule has 1 saturated heterocycles. The van der Waals surface area contributed by atoms with E-state index in [4.69, 9.17) is 5.26 Å². The Morgan fingerprint density at radius 3 is 2.39 bits per heavy atom. The summed E-state index contributed by atoms with van der Waals surface area (Å²) in [6.45, 7) is 0.190. The number of nitrogens with zero attached hydrogens (tertiary/aromatic N) is 3. The molecule has 1 heterocycles. The van der Waals surface area contributed by atoms with Crippen LogP contribution in [0.4, 0.5) is 23.2 Å². The molecule has 10 heteroatoms. The summed E-state index contributed by atoms with van der Waals surface area (Å²) in [7, 11) is 1.39. The standard InChI is InChI=1S/C21H18F4N4O2/c1-27-19(30)18-12-28(16-7-4-14(11-26)17(10-16)21(23,24)25)8-9-29(18)20(31)13-2-5-15(22)6-3-13/h2-7,10,18H,8-9,12H2,1H3,(H,27,30). The quantitative estimate of drug-likeness (QED) is 0.754. The Kier molecular flexibility index (Phi) is 6.15. The maximum atomic E-state index is 13.3. The van der Waals surface area contributed by atoms with Crippen LogP contribution in [0.1, 0.15) is 21.5 Å². The first-order valence-corrected chi connectivity index (χ1v) is 9.30. The minimum Gasteiger partial charge on any atom is -0.367 e. The number of nitrogens with one attached hydrogen (secondary N) is 1. The van der Waals surface area contributed by atoms with Gasteiger partial charge in [-0.15, -0.1) is 0 Å². The number of piperazine rings is 1. The van der Waals surface area contributed by atoms with Crippen LogP contribution in [0.5, 0.6) is 0 Å². The van der Waals surface area contributed by atoms with Gasteiger partial charge in [0.15, 0.2) is 0 Å². The summed E-state index contributed by atoms with van der Waals surface area (Å²) in [6.07, 6.45) is -4.71.